The fourth-order valence-electron chi connectivity index (χ4n) is 5.25. The van der Waals surface area contributed by atoms with E-state index >= 15 is 0 Å². The Hall–Kier alpha value is -2.36. The molecule has 0 aliphatic carbocycles. The fraction of sp³-hybridized carbons (Fsp3) is 0.742. The second kappa shape index (κ2) is 17.5. The van der Waals surface area contributed by atoms with Crippen molar-refractivity contribution in [2.24, 2.45) is 29.4 Å². The van der Waals surface area contributed by atoms with Gasteiger partial charge in [0.2, 0.25) is 11.8 Å². The van der Waals surface area contributed by atoms with Crippen LogP contribution in [0.5, 0.6) is 11.5 Å². The summed E-state index contributed by atoms with van der Waals surface area (Å²) in [5.41, 5.74) is 7.67. The number of carbonyl (C=O) groups is 2. The molecule has 5 N–H and O–H groups in total. The van der Waals surface area contributed by atoms with Crippen molar-refractivity contribution in [3.63, 3.8) is 0 Å². The molecule has 1 fully saturated rings. The Balaban J connectivity index is 1.97. The number of piperidine rings is 1. The van der Waals surface area contributed by atoms with Gasteiger partial charge in [-0.1, -0.05) is 33.8 Å². The van der Waals surface area contributed by atoms with Crippen LogP contribution in [0.1, 0.15) is 71.8 Å². The molecule has 228 valence electrons. The minimum atomic E-state index is -0.802. The second-order valence-electron chi connectivity index (χ2n) is 11.8. The van der Waals surface area contributed by atoms with Crippen molar-refractivity contribution in [2.75, 3.05) is 34.0 Å². The Labute approximate surface area is 240 Å². The lowest BCUT2D eigenvalue weighted by Gasteiger charge is -2.30. The van der Waals surface area contributed by atoms with Gasteiger partial charge in [-0.05, 0) is 67.6 Å². The number of methoxy groups -OCH3 is 2. The van der Waals surface area contributed by atoms with Crippen LogP contribution < -0.4 is 25.8 Å². The summed E-state index contributed by atoms with van der Waals surface area (Å²) in [4.78, 5) is 24.7. The van der Waals surface area contributed by atoms with Crippen molar-refractivity contribution in [3.05, 3.63) is 23.8 Å². The van der Waals surface area contributed by atoms with Crippen molar-refractivity contribution in [2.45, 2.75) is 90.8 Å². The number of amides is 2. The normalized spacial score (nSPS) is 18.6. The second-order valence-corrected chi connectivity index (χ2v) is 11.8. The zero-order valence-corrected chi connectivity index (χ0v) is 25.4. The van der Waals surface area contributed by atoms with Crippen LogP contribution in [-0.2, 0) is 20.7 Å². The number of ether oxygens (including phenoxy) is 3. The highest BCUT2D eigenvalue weighted by atomic mass is 16.5. The van der Waals surface area contributed by atoms with Crippen LogP contribution in [0.3, 0.4) is 0 Å². The van der Waals surface area contributed by atoms with E-state index in [9.17, 15) is 14.7 Å². The van der Waals surface area contributed by atoms with E-state index in [0.717, 1.165) is 31.2 Å². The molecule has 0 radical (unpaired) electrons. The highest BCUT2D eigenvalue weighted by Crippen LogP contribution is 2.31. The predicted molar refractivity (Wildman–Crippen MR) is 157 cm³/mol. The molecule has 1 aromatic rings. The SMILES string of the molecule is COCCCOc1cc(C[C@@H](C[C@H](N)[C@@H](O)C[C@H](C(=O)NCC2CCCC(=O)N2)C(C)C)C(C)C)ccc1OC. The average Bonchev–Trinajstić information content (AvgIpc) is 2.92. The van der Waals surface area contributed by atoms with E-state index in [1.807, 2.05) is 32.0 Å². The van der Waals surface area contributed by atoms with E-state index in [-0.39, 0.29) is 35.6 Å². The number of nitrogens with two attached hydrogens (primary N) is 1. The molecule has 1 saturated heterocycles. The molecule has 40 heavy (non-hydrogen) atoms. The Morgan fingerprint density at radius 3 is 2.50 bits per heavy atom. The van der Waals surface area contributed by atoms with Gasteiger partial charge >= 0.3 is 0 Å². The highest BCUT2D eigenvalue weighted by molar-refractivity contribution is 5.79. The predicted octanol–water partition coefficient (Wildman–Crippen LogP) is 3.45. The summed E-state index contributed by atoms with van der Waals surface area (Å²) in [6, 6.07) is 5.51. The molecule has 1 heterocycles. The number of carbonyl (C=O) groups excluding carboxylic acids is 2. The molecular weight excluding hydrogens is 510 g/mol. The molecule has 1 aliphatic heterocycles. The molecule has 0 saturated carbocycles. The summed E-state index contributed by atoms with van der Waals surface area (Å²) in [5.74, 6) is 1.61. The maximum absolute atomic E-state index is 13.0. The van der Waals surface area contributed by atoms with E-state index in [1.165, 1.54) is 0 Å². The monoisotopic (exact) mass is 563 g/mol. The number of hydrogen-bond donors (Lipinski definition) is 4. The minimum absolute atomic E-state index is 0.0347. The summed E-state index contributed by atoms with van der Waals surface area (Å²) in [5, 5.41) is 17.0. The standard InChI is InChI=1S/C31H53N3O6/c1-20(2)23(15-22-11-12-28(39-6)29(16-22)40-14-8-13-38-5)17-26(32)27(35)18-25(21(3)4)31(37)33-19-24-9-7-10-30(36)34-24/h11-12,16,20-21,23-27,35H,7-10,13-15,17-19,32H2,1-6H3,(H,33,37)(H,34,36)/t23-,24?,25-,26-,27-/m0/s1. The van der Waals surface area contributed by atoms with E-state index in [2.05, 4.69) is 24.5 Å². The first-order chi connectivity index (χ1) is 19.0. The summed E-state index contributed by atoms with van der Waals surface area (Å²) in [6.07, 6.45) is 3.95. The molecule has 1 aromatic carbocycles. The van der Waals surface area contributed by atoms with Crippen molar-refractivity contribution >= 4 is 11.8 Å². The lowest BCUT2D eigenvalue weighted by atomic mass is 9.81. The summed E-state index contributed by atoms with van der Waals surface area (Å²) in [7, 11) is 3.31. The first-order valence-electron chi connectivity index (χ1n) is 14.8. The highest BCUT2D eigenvalue weighted by Gasteiger charge is 2.30. The van der Waals surface area contributed by atoms with Crippen LogP contribution in [0.4, 0.5) is 0 Å². The van der Waals surface area contributed by atoms with E-state index in [1.54, 1.807) is 14.2 Å². The molecular formula is C31H53N3O6. The molecule has 5 atom stereocenters. The molecule has 1 unspecified atom stereocenters. The lowest BCUT2D eigenvalue weighted by molar-refractivity contribution is -0.128. The molecule has 2 amide bonds. The van der Waals surface area contributed by atoms with Gasteiger partial charge in [0.15, 0.2) is 11.5 Å². The van der Waals surface area contributed by atoms with E-state index in [0.29, 0.717) is 56.4 Å². The summed E-state index contributed by atoms with van der Waals surface area (Å²) in [6.45, 7) is 9.90. The van der Waals surface area contributed by atoms with Gasteiger partial charge in [-0.3, -0.25) is 9.59 Å². The zero-order chi connectivity index (χ0) is 29.7. The third-order valence-electron chi connectivity index (χ3n) is 7.97. The number of hydrogen-bond acceptors (Lipinski definition) is 7. The molecule has 1 aliphatic rings. The summed E-state index contributed by atoms with van der Waals surface area (Å²) < 4.78 is 16.5. The maximum Gasteiger partial charge on any atom is 0.223 e. The number of rotatable bonds is 18. The van der Waals surface area contributed by atoms with Crippen molar-refractivity contribution in [1.82, 2.24) is 10.6 Å². The van der Waals surface area contributed by atoms with Gasteiger partial charge in [0, 0.05) is 51.1 Å². The number of aliphatic hydroxyl groups excluding tert-OH is 1. The van der Waals surface area contributed by atoms with Crippen molar-refractivity contribution < 1.29 is 28.9 Å². The first kappa shape index (κ1) is 33.8. The Morgan fingerprint density at radius 1 is 1.12 bits per heavy atom. The Bertz CT molecular complexity index is 909. The third kappa shape index (κ3) is 11.3. The fourth-order valence-corrected chi connectivity index (χ4v) is 5.25. The third-order valence-corrected chi connectivity index (χ3v) is 7.97. The van der Waals surface area contributed by atoms with Gasteiger partial charge in [-0.15, -0.1) is 0 Å². The zero-order valence-electron chi connectivity index (χ0n) is 25.4. The molecule has 9 nitrogen and oxygen atoms in total. The van der Waals surface area contributed by atoms with Crippen LogP contribution in [0, 0.1) is 23.7 Å². The van der Waals surface area contributed by atoms with Gasteiger partial charge < -0.3 is 35.7 Å². The largest absolute Gasteiger partial charge is 0.493 e. The van der Waals surface area contributed by atoms with Crippen LogP contribution in [0.25, 0.3) is 0 Å². The van der Waals surface area contributed by atoms with Gasteiger partial charge in [0.05, 0.1) is 19.8 Å². The van der Waals surface area contributed by atoms with Gasteiger partial charge in [0.25, 0.3) is 0 Å². The Morgan fingerprint density at radius 2 is 1.88 bits per heavy atom. The number of nitrogens with one attached hydrogen (secondary N) is 2. The van der Waals surface area contributed by atoms with Crippen LogP contribution in [-0.4, -0.2) is 69.1 Å². The van der Waals surface area contributed by atoms with Crippen molar-refractivity contribution in [3.8, 4) is 11.5 Å². The first-order valence-corrected chi connectivity index (χ1v) is 14.8. The van der Waals surface area contributed by atoms with Gasteiger partial charge in [0.1, 0.15) is 0 Å². The molecule has 0 bridgehead atoms. The molecule has 0 aromatic heterocycles. The smallest absolute Gasteiger partial charge is 0.223 e. The van der Waals surface area contributed by atoms with Gasteiger partial charge in [-0.2, -0.15) is 0 Å². The average molecular weight is 564 g/mol. The van der Waals surface area contributed by atoms with Crippen LogP contribution in [0.15, 0.2) is 18.2 Å². The molecule has 0 spiro atoms. The Kier molecular flexibility index (Phi) is 14.8. The quantitative estimate of drug-likeness (QED) is 0.201. The molecule has 9 heteroatoms. The van der Waals surface area contributed by atoms with Crippen LogP contribution >= 0.6 is 0 Å². The number of benzene rings is 1. The minimum Gasteiger partial charge on any atom is -0.493 e. The lowest BCUT2D eigenvalue weighted by Crippen LogP contribution is -2.48. The number of aliphatic hydroxyl groups is 1. The van der Waals surface area contributed by atoms with Crippen LogP contribution in [0.2, 0.25) is 0 Å². The van der Waals surface area contributed by atoms with Crippen molar-refractivity contribution in [1.29, 1.82) is 0 Å². The summed E-state index contributed by atoms with van der Waals surface area (Å²) >= 11 is 0. The molecule has 2 rings (SSSR count). The topological polar surface area (TPSA) is 132 Å². The maximum atomic E-state index is 13.0. The van der Waals surface area contributed by atoms with Gasteiger partial charge in [-0.25, -0.2) is 0 Å². The van der Waals surface area contributed by atoms with E-state index in [4.69, 9.17) is 19.9 Å². The van der Waals surface area contributed by atoms with E-state index < -0.39 is 12.1 Å².